The fourth-order valence-corrected chi connectivity index (χ4v) is 2.64. The zero-order valence-corrected chi connectivity index (χ0v) is 13.7. The Morgan fingerprint density at radius 1 is 1.09 bits per heavy atom. The molecule has 2 amide bonds. The van der Waals surface area contributed by atoms with Crippen molar-refractivity contribution < 1.29 is 9.59 Å². The third-order valence-corrected chi connectivity index (χ3v) is 4.17. The molecule has 0 radical (unpaired) electrons. The maximum Gasteiger partial charge on any atom is 0.262 e. The standard InChI is InChI=1S/C17H20N2O2S/c1-11(2)15(19-16(20)14-5-4-10-22-14)17(21)18-13-8-6-12(3)7-9-13/h4-11,15H,1-3H3,(H,18,21)(H,19,20)/t15-/m1/s1. The number of hydrogen-bond donors (Lipinski definition) is 2. The van der Waals surface area contributed by atoms with Crippen molar-refractivity contribution in [1.29, 1.82) is 0 Å². The van der Waals surface area contributed by atoms with Gasteiger partial charge in [-0.15, -0.1) is 11.3 Å². The van der Waals surface area contributed by atoms with E-state index >= 15 is 0 Å². The largest absolute Gasteiger partial charge is 0.339 e. The summed E-state index contributed by atoms with van der Waals surface area (Å²) in [4.78, 5) is 25.2. The second-order valence-electron chi connectivity index (χ2n) is 5.53. The molecule has 1 aromatic heterocycles. The van der Waals surface area contributed by atoms with Gasteiger partial charge in [0, 0.05) is 5.69 Å². The molecule has 116 valence electrons. The summed E-state index contributed by atoms with van der Waals surface area (Å²) in [7, 11) is 0. The van der Waals surface area contributed by atoms with Crippen LogP contribution in [0, 0.1) is 12.8 Å². The normalized spacial score (nSPS) is 12.0. The van der Waals surface area contributed by atoms with E-state index in [1.165, 1.54) is 11.3 Å². The second-order valence-corrected chi connectivity index (χ2v) is 6.48. The van der Waals surface area contributed by atoms with Gasteiger partial charge < -0.3 is 10.6 Å². The van der Waals surface area contributed by atoms with Gasteiger partial charge in [0.2, 0.25) is 5.91 Å². The van der Waals surface area contributed by atoms with E-state index in [1.54, 1.807) is 6.07 Å². The van der Waals surface area contributed by atoms with E-state index in [4.69, 9.17) is 0 Å². The van der Waals surface area contributed by atoms with E-state index in [0.717, 1.165) is 11.3 Å². The zero-order chi connectivity index (χ0) is 16.1. The third-order valence-electron chi connectivity index (χ3n) is 3.30. The van der Waals surface area contributed by atoms with Gasteiger partial charge >= 0.3 is 0 Å². The van der Waals surface area contributed by atoms with E-state index in [-0.39, 0.29) is 17.7 Å². The van der Waals surface area contributed by atoms with Gasteiger partial charge in [0.05, 0.1) is 4.88 Å². The summed E-state index contributed by atoms with van der Waals surface area (Å²) < 4.78 is 0. The summed E-state index contributed by atoms with van der Waals surface area (Å²) in [6.07, 6.45) is 0. The van der Waals surface area contributed by atoms with Gasteiger partial charge in [-0.1, -0.05) is 37.6 Å². The van der Waals surface area contributed by atoms with Crippen molar-refractivity contribution in [3.05, 3.63) is 52.2 Å². The Bertz CT molecular complexity index is 633. The minimum Gasteiger partial charge on any atom is -0.339 e. The van der Waals surface area contributed by atoms with Gasteiger partial charge in [-0.05, 0) is 36.4 Å². The molecule has 5 heteroatoms. The molecule has 0 unspecified atom stereocenters. The number of carbonyl (C=O) groups is 2. The Hall–Kier alpha value is -2.14. The van der Waals surface area contributed by atoms with Crippen LogP contribution in [0.15, 0.2) is 41.8 Å². The van der Waals surface area contributed by atoms with Crippen LogP contribution in [0.2, 0.25) is 0 Å². The van der Waals surface area contributed by atoms with E-state index < -0.39 is 6.04 Å². The summed E-state index contributed by atoms with van der Waals surface area (Å²) in [5, 5.41) is 7.50. The average molecular weight is 316 g/mol. The van der Waals surface area contributed by atoms with Crippen LogP contribution in [0.4, 0.5) is 5.69 Å². The molecular formula is C17H20N2O2S. The Labute approximate surface area is 134 Å². The molecule has 0 aliphatic heterocycles. The summed E-state index contributed by atoms with van der Waals surface area (Å²) in [5.74, 6) is -0.425. The minimum atomic E-state index is -0.573. The highest BCUT2D eigenvalue weighted by molar-refractivity contribution is 7.12. The lowest BCUT2D eigenvalue weighted by atomic mass is 10.0. The lowest BCUT2D eigenvalue weighted by molar-refractivity contribution is -0.118. The molecule has 0 spiro atoms. The van der Waals surface area contributed by atoms with Crippen molar-refractivity contribution in [1.82, 2.24) is 5.32 Å². The smallest absolute Gasteiger partial charge is 0.262 e. The molecule has 4 nitrogen and oxygen atoms in total. The maximum atomic E-state index is 12.4. The van der Waals surface area contributed by atoms with Crippen LogP contribution in [0.1, 0.15) is 29.1 Å². The Morgan fingerprint density at radius 3 is 2.32 bits per heavy atom. The van der Waals surface area contributed by atoms with Crippen molar-refractivity contribution in [2.75, 3.05) is 5.32 Å². The van der Waals surface area contributed by atoms with Crippen LogP contribution < -0.4 is 10.6 Å². The number of rotatable bonds is 5. The topological polar surface area (TPSA) is 58.2 Å². The number of nitrogens with one attached hydrogen (secondary N) is 2. The summed E-state index contributed by atoms with van der Waals surface area (Å²) in [5.41, 5.74) is 1.86. The van der Waals surface area contributed by atoms with Gasteiger partial charge in [0.1, 0.15) is 6.04 Å². The minimum absolute atomic E-state index is 0.00522. The second kappa shape index (κ2) is 7.22. The van der Waals surface area contributed by atoms with Crippen molar-refractivity contribution >= 4 is 28.8 Å². The molecule has 22 heavy (non-hydrogen) atoms. The third kappa shape index (κ3) is 4.18. The van der Waals surface area contributed by atoms with Gasteiger partial charge in [-0.25, -0.2) is 0 Å². The Kier molecular flexibility index (Phi) is 5.33. The van der Waals surface area contributed by atoms with Crippen LogP contribution in [-0.2, 0) is 4.79 Å². The first-order chi connectivity index (χ1) is 10.5. The monoisotopic (exact) mass is 316 g/mol. The number of aryl methyl sites for hydroxylation is 1. The number of amides is 2. The molecule has 1 heterocycles. The molecule has 0 aliphatic carbocycles. The van der Waals surface area contributed by atoms with Gasteiger partial charge in [0.15, 0.2) is 0 Å². The zero-order valence-electron chi connectivity index (χ0n) is 12.9. The highest BCUT2D eigenvalue weighted by Crippen LogP contribution is 2.13. The maximum absolute atomic E-state index is 12.4. The SMILES string of the molecule is Cc1ccc(NC(=O)[C@H](NC(=O)c2cccs2)C(C)C)cc1. The van der Waals surface area contributed by atoms with Crippen molar-refractivity contribution in [3.8, 4) is 0 Å². The van der Waals surface area contributed by atoms with E-state index in [1.807, 2.05) is 56.5 Å². The molecule has 1 aromatic carbocycles. The lowest BCUT2D eigenvalue weighted by Gasteiger charge is -2.21. The molecule has 0 bridgehead atoms. The summed E-state index contributed by atoms with van der Waals surface area (Å²) in [6.45, 7) is 5.81. The average Bonchev–Trinajstić information content (AvgIpc) is 3.00. The Balaban J connectivity index is 2.05. The molecular weight excluding hydrogens is 296 g/mol. The van der Waals surface area contributed by atoms with E-state index in [0.29, 0.717) is 4.88 Å². The van der Waals surface area contributed by atoms with E-state index in [9.17, 15) is 9.59 Å². The Morgan fingerprint density at radius 2 is 1.77 bits per heavy atom. The summed E-state index contributed by atoms with van der Waals surface area (Å²) in [6, 6.07) is 10.6. The molecule has 0 fully saturated rings. The van der Waals surface area contributed by atoms with Crippen LogP contribution in [0.25, 0.3) is 0 Å². The van der Waals surface area contributed by atoms with Crippen molar-refractivity contribution in [2.45, 2.75) is 26.8 Å². The molecule has 0 aliphatic rings. The van der Waals surface area contributed by atoms with Crippen LogP contribution in [0.3, 0.4) is 0 Å². The van der Waals surface area contributed by atoms with Gasteiger partial charge in [-0.2, -0.15) is 0 Å². The lowest BCUT2D eigenvalue weighted by Crippen LogP contribution is -2.46. The van der Waals surface area contributed by atoms with Crippen LogP contribution in [-0.4, -0.2) is 17.9 Å². The van der Waals surface area contributed by atoms with Crippen LogP contribution in [0.5, 0.6) is 0 Å². The fourth-order valence-electron chi connectivity index (χ4n) is 2.01. The number of benzene rings is 1. The number of thiophene rings is 1. The molecule has 2 aromatic rings. The molecule has 0 saturated carbocycles. The predicted molar refractivity (Wildman–Crippen MR) is 90.2 cm³/mol. The number of anilines is 1. The fraction of sp³-hybridized carbons (Fsp3) is 0.294. The highest BCUT2D eigenvalue weighted by Gasteiger charge is 2.25. The quantitative estimate of drug-likeness (QED) is 0.887. The first-order valence-electron chi connectivity index (χ1n) is 7.19. The van der Waals surface area contributed by atoms with Crippen molar-refractivity contribution in [2.24, 2.45) is 5.92 Å². The van der Waals surface area contributed by atoms with Gasteiger partial charge in [-0.3, -0.25) is 9.59 Å². The summed E-state index contributed by atoms with van der Waals surface area (Å²) >= 11 is 1.36. The van der Waals surface area contributed by atoms with Gasteiger partial charge in [0.25, 0.3) is 5.91 Å². The van der Waals surface area contributed by atoms with Crippen molar-refractivity contribution in [3.63, 3.8) is 0 Å². The highest BCUT2D eigenvalue weighted by atomic mass is 32.1. The molecule has 2 rings (SSSR count). The predicted octanol–water partition coefficient (Wildman–Crippen LogP) is 3.45. The molecule has 1 atom stereocenters. The molecule has 2 N–H and O–H groups in total. The molecule has 0 saturated heterocycles. The van der Waals surface area contributed by atoms with Crippen LogP contribution >= 0.6 is 11.3 Å². The van der Waals surface area contributed by atoms with E-state index in [2.05, 4.69) is 10.6 Å². The first-order valence-corrected chi connectivity index (χ1v) is 8.07. The first kappa shape index (κ1) is 16.2. The number of hydrogen-bond acceptors (Lipinski definition) is 3. The number of carbonyl (C=O) groups excluding carboxylic acids is 2.